The van der Waals surface area contributed by atoms with Crippen LogP contribution in [0, 0.1) is 19.7 Å². The van der Waals surface area contributed by atoms with E-state index in [1.807, 2.05) is 52.0 Å². The normalized spacial score (nSPS) is 12.0. The Labute approximate surface area is 230 Å². The lowest BCUT2D eigenvalue weighted by molar-refractivity contribution is -0.140. The third-order valence-corrected chi connectivity index (χ3v) is 8.16. The lowest BCUT2D eigenvalue weighted by Gasteiger charge is -2.33. The van der Waals surface area contributed by atoms with Crippen LogP contribution in [0.5, 0.6) is 0 Å². The van der Waals surface area contributed by atoms with Crippen LogP contribution in [0.2, 0.25) is 0 Å². The molecule has 2 amide bonds. The lowest BCUT2D eigenvalue weighted by atomic mass is 10.1. The van der Waals surface area contributed by atoms with Gasteiger partial charge in [0.15, 0.2) is 0 Å². The molecule has 0 saturated carbocycles. The number of anilines is 1. The highest BCUT2D eigenvalue weighted by atomic mass is 32.2. The first-order chi connectivity index (χ1) is 18.6. The Kier molecular flexibility index (Phi) is 10.2. The van der Waals surface area contributed by atoms with Crippen molar-refractivity contribution in [1.29, 1.82) is 0 Å². The predicted molar refractivity (Wildman–Crippen MR) is 151 cm³/mol. The molecule has 0 radical (unpaired) electrons. The van der Waals surface area contributed by atoms with Gasteiger partial charge in [-0.2, -0.15) is 0 Å². The first-order valence-electron chi connectivity index (χ1n) is 13.0. The summed E-state index contributed by atoms with van der Waals surface area (Å²) in [5, 5.41) is 2.86. The second kappa shape index (κ2) is 13.4. The van der Waals surface area contributed by atoms with E-state index in [1.165, 1.54) is 29.2 Å². The van der Waals surface area contributed by atoms with Crippen LogP contribution in [0.25, 0.3) is 0 Å². The molecule has 3 rings (SSSR count). The minimum absolute atomic E-state index is 0.00295. The molecular weight excluding hydrogens is 517 g/mol. The Morgan fingerprint density at radius 1 is 0.923 bits per heavy atom. The van der Waals surface area contributed by atoms with Crippen LogP contribution < -0.4 is 9.62 Å². The van der Waals surface area contributed by atoms with Crippen molar-refractivity contribution in [3.05, 3.63) is 95.3 Å². The topological polar surface area (TPSA) is 86.8 Å². The SMILES string of the molecule is CCCNC(=O)C(CC)N(Cc1cccc(C)c1)C(=O)CN(c1ccc(F)cc1)S(=O)(=O)c1ccc(C)cc1. The van der Waals surface area contributed by atoms with Crippen molar-refractivity contribution in [2.24, 2.45) is 0 Å². The van der Waals surface area contributed by atoms with E-state index >= 15 is 0 Å². The van der Waals surface area contributed by atoms with Gasteiger partial charge in [0, 0.05) is 13.1 Å². The highest BCUT2D eigenvalue weighted by Gasteiger charge is 2.33. The molecular formula is C30H36FN3O4S. The summed E-state index contributed by atoms with van der Waals surface area (Å²) in [7, 11) is -4.20. The summed E-state index contributed by atoms with van der Waals surface area (Å²) in [6.45, 7) is 7.55. The number of halogens is 1. The molecule has 0 aromatic heterocycles. The Bertz CT molecular complexity index is 1380. The quantitative estimate of drug-likeness (QED) is 0.343. The largest absolute Gasteiger partial charge is 0.354 e. The number of carbonyl (C=O) groups is 2. The number of nitrogens with one attached hydrogen (secondary N) is 1. The second-order valence-electron chi connectivity index (χ2n) is 9.53. The summed E-state index contributed by atoms with van der Waals surface area (Å²) in [6.07, 6.45) is 1.08. The van der Waals surface area contributed by atoms with E-state index in [0.29, 0.717) is 13.0 Å². The molecule has 1 N–H and O–H groups in total. The molecule has 0 aliphatic rings. The number of carbonyl (C=O) groups excluding carboxylic acids is 2. The third-order valence-electron chi connectivity index (χ3n) is 6.37. The first-order valence-corrected chi connectivity index (χ1v) is 14.5. The van der Waals surface area contributed by atoms with Crippen LogP contribution in [0.1, 0.15) is 43.4 Å². The summed E-state index contributed by atoms with van der Waals surface area (Å²) in [5.74, 6) is -1.37. The lowest BCUT2D eigenvalue weighted by Crippen LogP contribution is -2.52. The standard InChI is InChI=1S/C30H36FN3O4S/c1-5-18-32-30(36)28(6-2)33(20-24-9-7-8-23(4)19-24)29(35)21-34(26-14-12-25(31)13-15-26)39(37,38)27-16-10-22(3)11-17-27/h7-17,19,28H,5-6,18,20-21H2,1-4H3,(H,32,36). The van der Waals surface area contributed by atoms with Gasteiger partial charge in [0.1, 0.15) is 18.4 Å². The number of nitrogens with zero attached hydrogens (tertiary/aromatic N) is 2. The molecule has 0 fully saturated rings. The third kappa shape index (κ3) is 7.66. The second-order valence-corrected chi connectivity index (χ2v) is 11.4. The molecule has 0 spiro atoms. The van der Waals surface area contributed by atoms with E-state index in [4.69, 9.17) is 0 Å². The zero-order chi connectivity index (χ0) is 28.6. The van der Waals surface area contributed by atoms with Crippen molar-refractivity contribution in [2.45, 2.75) is 58.0 Å². The molecule has 1 atom stereocenters. The Morgan fingerprint density at radius 3 is 2.18 bits per heavy atom. The molecule has 0 aliphatic heterocycles. The summed E-state index contributed by atoms with van der Waals surface area (Å²) in [6, 6.07) is 18.0. The molecule has 208 valence electrons. The number of benzene rings is 3. The van der Waals surface area contributed by atoms with Crippen molar-refractivity contribution >= 4 is 27.5 Å². The van der Waals surface area contributed by atoms with Crippen molar-refractivity contribution in [1.82, 2.24) is 10.2 Å². The summed E-state index contributed by atoms with van der Waals surface area (Å²) in [5.41, 5.74) is 2.84. The smallest absolute Gasteiger partial charge is 0.264 e. The number of sulfonamides is 1. The van der Waals surface area contributed by atoms with E-state index in [2.05, 4.69) is 5.32 Å². The van der Waals surface area contributed by atoms with E-state index in [9.17, 15) is 22.4 Å². The van der Waals surface area contributed by atoms with Crippen LogP contribution >= 0.6 is 0 Å². The molecule has 39 heavy (non-hydrogen) atoms. The number of hydrogen-bond donors (Lipinski definition) is 1. The predicted octanol–water partition coefficient (Wildman–Crippen LogP) is 4.97. The van der Waals surface area contributed by atoms with Gasteiger partial charge in [-0.1, -0.05) is 61.4 Å². The highest BCUT2D eigenvalue weighted by Crippen LogP contribution is 2.25. The van der Waals surface area contributed by atoms with Gasteiger partial charge in [-0.05, 0) is 68.7 Å². The van der Waals surface area contributed by atoms with Crippen molar-refractivity contribution in [2.75, 3.05) is 17.4 Å². The molecule has 0 aliphatic carbocycles. The number of hydrogen-bond acceptors (Lipinski definition) is 4. The van der Waals surface area contributed by atoms with Crippen LogP contribution in [-0.4, -0.2) is 44.3 Å². The van der Waals surface area contributed by atoms with Gasteiger partial charge >= 0.3 is 0 Å². The molecule has 0 saturated heterocycles. The molecule has 3 aromatic carbocycles. The van der Waals surface area contributed by atoms with E-state index in [-0.39, 0.29) is 23.0 Å². The van der Waals surface area contributed by atoms with E-state index < -0.39 is 34.3 Å². The van der Waals surface area contributed by atoms with Gasteiger partial charge in [0.25, 0.3) is 10.0 Å². The fourth-order valence-corrected chi connectivity index (χ4v) is 5.68. The molecule has 3 aromatic rings. The maximum Gasteiger partial charge on any atom is 0.264 e. The van der Waals surface area contributed by atoms with Gasteiger partial charge in [-0.3, -0.25) is 13.9 Å². The Hall–Kier alpha value is -3.72. The number of aryl methyl sites for hydroxylation is 2. The van der Waals surface area contributed by atoms with Crippen molar-refractivity contribution in [3.8, 4) is 0 Å². The number of amides is 2. The van der Waals surface area contributed by atoms with Crippen LogP contribution in [0.15, 0.2) is 77.7 Å². The average Bonchev–Trinajstić information content (AvgIpc) is 2.91. The fraction of sp³-hybridized carbons (Fsp3) is 0.333. The molecule has 7 nitrogen and oxygen atoms in total. The van der Waals surface area contributed by atoms with Crippen LogP contribution in [0.3, 0.4) is 0 Å². The van der Waals surface area contributed by atoms with Crippen LogP contribution in [-0.2, 0) is 26.2 Å². The Balaban J connectivity index is 2.04. The van der Waals surface area contributed by atoms with E-state index in [0.717, 1.165) is 39.5 Å². The highest BCUT2D eigenvalue weighted by molar-refractivity contribution is 7.92. The van der Waals surface area contributed by atoms with Gasteiger partial charge in [0.2, 0.25) is 11.8 Å². The van der Waals surface area contributed by atoms with Gasteiger partial charge < -0.3 is 10.2 Å². The summed E-state index contributed by atoms with van der Waals surface area (Å²) in [4.78, 5) is 28.5. The summed E-state index contributed by atoms with van der Waals surface area (Å²) < 4.78 is 42.3. The maximum atomic E-state index is 14.0. The van der Waals surface area contributed by atoms with Gasteiger partial charge in [-0.15, -0.1) is 0 Å². The Morgan fingerprint density at radius 2 is 1.59 bits per heavy atom. The van der Waals surface area contributed by atoms with Crippen LogP contribution in [0.4, 0.5) is 10.1 Å². The zero-order valence-electron chi connectivity index (χ0n) is 22.9. The molecule has 9 heteroatoms. The molecule has 0 bridgehead atoms. The first kappa shape index (κ1) is 29.8. The van der Waals surface area contributed by atoms with Crippen molar-refractivity contribution < 1.29 is 22.4 Å². The number of rotatable bonds is 12. The van der Waals surface area contributed by atoms with Gasteiger partial charge in [-0.25, -0.2) is 12.8 Å². The van der Waals surface area contributed by atoms with Gasteiger partial charge in [0.05, 0.1) is 10.6 Å². The van der Waals surface area contributed by atoms with Crippen molar-refractivity contribution in [3.63, 3.8) is 0 Å². The minimum atomic E-state index is -4.20. The maximum absolute atomic E-state index is 14.0. The molecule has 1 unspecified atom stereocenters. The summed E-state index contributed by atoms with van der Waals surface area (Å²) >= 11 is 0. The minimum Gasteiger partial charge on any atom is -0.354 e. The average molecular weight is 554 g/mol. The monoisotopic (exact) mass is 553 g/mol. The zero-order valence-corrected chi connectivity index (χ0v) is 23.7. The molecule has 0 heterocycles. The fourth-order valence-electron chi connectivity index (χ4n) is 4.27. The van der Waals surface area contributed by atoms with E-state index in [1.54, 1.807) is 12.1 Å².